The van der Waals surface area contributed by atoms with Crippen LogP contribution in [0.15, 0.2) is 89.3 Å². The lowest BCUT2D eigenvalue weighted by Crippen LogP contribution is -2.41. The van der Waals surface area contributed by atoms with Gasteiger partial charge in [0.15, 0.2) is 6.61 Å². The Kier molecular flexibility index (Phi) is 17.5. The highest BCUT2D eigenvalue weighted by atomic mass is 16.6. The average molecular weight is 765 g/mol. The van der Waals surface area contributed by atoms with Crippen LogP contribution >= 0.6 is 0 Å². The van der Waals surface area contributed by atoms with Crippen LogP contribution in [0, 0.1) is 0 Å². The van der Waals surface area contributed by atoms with Gasteiger partial charge < -0.3 is 38.5 Å². The van der Waals surface area contributed by atoms with Crippen LogP contribution in [0.1, 0.15) is 52.0 Å². The predicted molar refractivity (Wildman–Crippen MR) is 200 cm³/mol. The highest BCUT2D eigenvalue weighted by molar-refractivity contribution is 6.20. The molecule has 0 saturated carbocycles. The number of allylic oxidation sites excluding steroid dienone is 5. The van der Waals surface area contributed by atoms with Crippen molar-refractivity contribution in [3.63, 3.8) is 0 Å². The second-order valence-corrected chi connectivity index (χ2v) is 13.7. The van der Waals surface area contributed by atoms with E-state index in [0.717, 1.165) is 17.6 Å². The van der Waals surface area contributed by atoms with Gasteiger partial charge in [-0.25, -0.2) is 9.59 Å². The molecule has 0 aromatic heterocycles. The first kappa shape index (κ1) is 42.8. The molecule has 0 radical (unpaired) electrons. The Bertz CT molecular complexity index is 1640. The summed E-state index contributed by atoms with van der Waals surface area (Å²) < 4.78 is 38.4. The van der Waals surface area contributed by atoms with E-state index in [-0.39, 0.29) is 57.8 Å². The third kappa shape index (κ3) is 15.4. The summed E-state index contributed by atoms with van der Waals surface area (Å²) in [5, 5.41) is 2.73. The van der Waals surface area contributed by atoms with Crippen molar-refractivity contribution >= 4 is 29.7 Å². The minimum atomic E-state index is -1.04. The summed E-state index contributed by atoms with van der Waals surface area (Å²) in [4.78, 5) is 64.0. The quantitative estimate of drug-likeness (QED) is 0.0975. The first-order chi connectivity index (χ1) is 26.5. The Balaban J connectivity index is 1.07. The molecule has 1 heterocycles. The molecule has 0 bridgehead atoms. The molecule has 3 aliphatic rings. The largest absolute Gasteiger partial charge is 0.482 e. The van der Waals surface area contributed by atoms with Crippen LogP contribution in [0.3, 0.4) is 0 Å². The molecule has 3 amide bonds. The van der Waals surface area contributed by atoms with Crippen LogP contribution in [-0.2, 0) is 63.7 Å². The molecule has 0 fully saturated rings. The van der Waals surface area contributed by atoms with Gasteiger partial charge in [-0.15, -0.1) is 0 Å². The van der Waals surface area contributed by atoms with Gasteiger partial charge in [-0.2, -0.15) is 0 Å². The van der Waals surface area contributed by atoms with Crippen LogP contribution in [0.5, 0.6) is 0 Å². The Morgan fingerprint density at radius 1 is 0.855 bits per heavy atom. The van der Waals surface area contributed by atoms with E-state index in [1.807, 2.05) is 36.4 Å². The zero-order valence-corrected chi connectivity index (χ0v) is 31.9. The van der Waals surface area contributed by atoms with Gasteiger partial charge in [-0.1, -0.05) is 48.6 Å². The fourth-order valence-corrected chi connectivity index (χ4v) is 5.51. The van der Waals surface area contributed by atoms with Gasteiger partial charge in [-0.05, 0) is 69.4 Å². The van der Waals surface area contributed by atoms with E-state index in [1.165, 1.54) is 4.90 Å². The maximum Gasteiger partial charge on any atom is 0.344 e. The fourth-order valence-electron chi connectivity index (χ4n) is 5.51. The van der Waals surface area contributed by atoms with Crippen molar-refractivity contribution in [3.05, 3.63) is 94.8 Å². The Morgan fingerprint density at radius 3 is 2.16 bits per heavy atom. The molecule has 2 aliphatic carbocycles. The molecule has 1 aromatic rings. The number of carbonyl (C=O) groups excluding carboxylic acids is 5. The molecule has 14 heteroatoms. The van der Waals surface area contributed by atoms with E-state index in [9.17, 15) is 24.0 Å². The fraction of sp³-hybridized carbons (Fsp3) is 0.488. The van der Waals surface area contributed by atoms with Crippen molar-refractivity contribution in [1.82, 2.24) is 10.2 Å². The molecule has 1 N–H and O–H groups in total. The zero-order chi connectivity index (χ0) is 39.5. The summed E-state index contributed by atoms with van der Waals surface area (Å²) in [5.74, 6) is -1.47. The van der Waals surface area contributed by atoms with E-state index >= 15 is 0 Å². The van der Waals surface area contributed by atoms with Crippen molar-refractivity contribution < 1.29 is 57.1 Å². The Hall–Kier alpha value is -4.89. The molecule has 14 nitrogen and oxygen atoms in total. The van der Waals surface area contributed by atoms with Gasteiger partial charge in [0.25, 0.3) is 11.8 Å². The number of ether oxygens (including phenoxy) is 7. The number of imide groups is 1. The second-order valence-electron chi connectivity index (χ2n) is 13.7. The molecule has 0 spiro atoms. The van der Waals surface area contributed by atoms with E-state index in [0.29, 0.717) is 62.8 Å². The van der Waals surface area contributed by atoms with Crippen LogP contribution in [0.25, 0.3) is 0 Å². The third-order valence-corrected chi connectivity index (χ3v) is 8.15. The number of hydrogen-bond acceptors (Lipinski definition) is 12. The topological polar surface area (TPSA) is 165 Å². The lowest BCUT2D eigenvalue weighted by molar-refractivity contribution is -0.158. The van der Waals surface area contributed by atoms with Crippen molar-refractivity contribution in [2.24, 2.45) is 0 Å². The van der Waals surface area contributed by atoms with E-state index in [4.69, 9.17) is 33.2 Å². The number of amides is 3. The summed E-state index contributed by atoms with van der Waals surface area (Å²) >= 11 is 0. The molecule has 298 valence electrons. The van der Waals surface area contributed by atoms with Gasteiger partial charge >= 0.3 is 11.9 Å². The number of esters is 2. The predicted octanol–water partition coefficient (Wildman–Crippen LogP) is 3.82. The summed E-state index contributed by atoms with van der Waals surface area (Å²) in [6.07, 6.45) is 12.3. The maximum atomic E-state index is 13.1. The number of rotatable bonds is 23. The van der Waals surface area contributed by atoms with Gasteiger partial charge in [0.05, 0.1) is 59.4 Å². The molecule has 1 aliphatic heterocycles. The van der Waals surface area contributed by atoms with Crippen LogP contribution in [0.4, 0.5) is 0 Å². The van der Waals surface area contributed by atoms with Gasteiger partial charge in [-0.3, -0.25) is 19.3 Å². The SMILES string of the molecule is CC(C)(C)OC(=O)COC1=CCC(=CC(NC(=O)CCOCCOCCOCCOCCN2C(=O)C3=C(CCC=C3)C2=O)C(=O)OCc2ccccc2)C=C1. The Labute approximate surface area is 322 Å². The minimum Gasteiger partial charge on any atom is -0.482 e. The lowest BCUT2D eigenvalue weighted by atomic mass is 10.00. The number of carbonyl (C=O) groups is 5. The van der Waals surface area contributed by atoms with Crippen molar-refractivity contribution in [3.8, 4) is 0 Å². The summed E-state index contributed by atoms with van der Waals surface area (Å²) in [5.41, 5.74) is 2.04. The summed E-state index contributed by atoms with van der Waals surface area (Å²) in [6, 6.07) is 8.20. The van der Waals surface area contributed by atoms with E-state index in [1.54, 1.807) is 51.2 Å². The molecular weight excluding hydrogens is 712 g/mol. The van der Waals surface area contributed by atoms with E-state index < -0.39 is 29.5 Å². The molecule has 1 unspecified atom stereocenters. The highest BCUT2D eigenvalue weighted by Gasteiger charge is 2.37. The number of nitrogens with one attached hydrogen (secondary N) is 1. The van der Waals surface area contributed by atoms with Crippen molar-refractivity contribution in [2.45, 2.75) is 64.7 Å². The van der Waals surface area contributed by atoms with Gasteiger partial charge in [0, 0.05) is 17.6 Å². The normalized spacial score (nSPS) is 16.6. The lowest BCUT2D eigenvalue weighted by Gasteiger charge is -2.20. The monoisotopic (exact) mass is 764 g/mol. The molecular formula is C41H52N2O12. The van der Waals surface area contributed by atoms with E-state index in [2.05, 4.69) is 5.32 Å². The third-order valence-electron chi connectivity index (χ3n) is 8.15. The standard InChI is InChI=1S/C41H52N2O12/c1-41(2,3)55-37(45)29-53-32-15-13-30(14-16-32)27-35(40(48)54-28-31-9-5-4-6-10-31)42-36(44)17-19-49-21-23-51-25-26-52-24-22-50-20-18-43-38(46)33-11-7-8-12-34(33)39(43)47/h4-7,9-11,13,15-16,27,35H,8,12,14,17-26,28-29H2,1-3H3,(H,42,44). The molecule has 1 atom stereocenters. The number of nitrogens with zero attached hydrogens (tertiary/aromatic N) is 1. The number of hydrogen-bond donors (Lipinski definition) is 1. The minimum absolute atomic E-state index is 0.0170. The average Bonchev–Trinajstić information content (AvgIpc) is 3.41. The summed E-state index contributed by atoms with van der Waals surface area (Å²) in [6.45, 7) is 7.63. The van der Waals surface area contributed by atoms with Crippen molar-refractivity contribution in [1.29, 1.82) is 0 Å². The van der Waals surface area contributed by atoms with Crippen LogP contribution < -0.4 is 5.32 Å². The zero-order valence-electron chi connectivity index (χ0n) is 31.9. The smallest absolute Gasteiger partial charge is 0.344 e. The molecule has 1 aromatic carbocycles. The first-order valence-corrected chi connectivity index (χ1v) is 18.5. The number of benzene rings is 1. The highest BCUT2D eigenvalue weighted by Crippen LogP contribution is 2.28. The molecule has 0 saturated heterocycles. The van der Waals surface area contributed by atoms with Gasteiger partial charge in [0.2, 0.25) is 5.91 Å². The first-order valence-electron chi connectivity index (χ1n) is 18.5. The second kappa shape index (κ2) is 22.5. The van der Waals surface area contributed by atoms with Gasteiger partial charge in [0.1, 0.15) is 24.0 Å². The Morgan fingerprint density at radius 2 is 1.53 bits per heavy atom. The maximum absolute atomic E-state index is 13.1. The van der Waals surface area contributed by atoms with Crippen LogP contribution in [0.2, 0.25) is 0 Å². The van der Waals surface area contributed by atoms with Crippen molar-refractivity contribution in [2.75, 3.05) is 66.0 Å². The summed E-state index contributed by atoms with van der Waals surface area (Å²) in [7, 11) is 0. The van der Waals surface area contributed by atoms with Crippen LogP contribution in [-0.4, -0.2) is 112 Å². The molecule has 4 rings (SSSR count). The molecule has 55 heavy (non-hydrogen) atoms.